The van der Waals surface area contributed by atoms with Crippen LogP contribution >= 0.6 is 22.9 Å². The summed E-state index contributed by atoms with van der Waals surface area (Å²) in [4.78, 5) is 3.98. The highest BCUT2D eigenvalue weighted by molar-refractivity contribution is 7.89. The van der Waals surface area contributed by atoms with Gasteiger partial charge in [0.05, 0.1) is 21.7 Å². The quantitative estimate of drug-likeness (QED) is 0.912. The van der Waals surface area contributed by atoms with E-state index in [9.17, 15) is 8.42 Å². The summed E-state index contributed by atoms with van der Waals surface area (Å²) < 4.78 is 26.7. The lowest BCUT2D eigenvalue weighted by Gasteiger charge is -2.08. The second-order valence-corrected chi connectivity index (χ2v) is 6.95. The molecule has 1 aromatic carbocycles. The van der Waals surface area contributed by atoms with Gasteiger partial charge in [-0.15, -0.1) is 11.3 Å². The molecule has 2 aromatic rings. The van der Waals surface area contributed by atoms with Crippen LogP contribution in [0.2, 0.25) is 5.02 Å². The standard InChI is InChI=1S/C12H10ClN3O2S2/c13-10-2-1-9(8-14)7-11(10)20(17,18)16-4-3-12-15-5-6-19-12/h1-2,5-7,16H,3-4H2. The van der Waals surface area contributed by atoms with Gasteiger partial charge < -0.3 is 0 Å². The number of nitrogens with zero attached hydrogens (tertiary/aromatic N) is 2. The SMILES string of the molecule is N#Cc1ccc(Cl)c(S(=O)(=O)NCCc2nccs2)c1. The third-order valence-electron chi connectivity index (χ3n) is 2.46. The number of nitriles is 1. The molecule has 0 amide bonds. The molecule has 1 aromatic heterocycles. The normalized spacial score (nSPS) is 11.2. The molecule has 0 aliphatic rings. The topological polar surface area (TPSA) is 82.8 Å². The van der Waals surface area contributed by atoms with Crippen molar-refractivity contribution in [2.24, 2.45) is 0 Å². The number of hydrogen-bond donors (Lipinski definition) is 1. The summed E-state index contributed by atoms with van der Waals surface area (Å²) in [7, 11) is -3.73. The summed E-state index contributed by atoms with van der Waals surface area (Å²) in [5.41, 5.74) is 0.245. The van der Waals surface area contributed by atoms with E-state index in [1.165, 1.54) is 29.5 Å². The van der Waals surface area contributed by atoms with Gasteiger partial charge in [0.25, 0.3) is 0 Å². The molecule has 0 fully saturated rings. The monoisotopic (exact) mass is 327 g/mol. The van der Waals surface area contributed by atoms with Gasteiger partial charge in [0.1, 0.15) is 4.90 Å². The molecule has 0 bridgehead atoms. The molecular formula is C12H10ClN3O2S2. The maximum absolute atomic E-state index is 12.1. The average molecular weight is 328 g/mol. The van der Waals surface area contributed by atoms with Crippen LogP contribution in [0.3, 0.4) is 0 Å². The zero-order valence-electron chi connectivity index (χ0n) is 10.2. The number of aromatic nitrogens is 1. The molecule has 1 heterocycles. The number of benzene rings is 1. The predicted octanol–water partition coefficient (Wildman–Crippen LogP) is 2.19. The summed E-state index contributed by atoms with van der Waals surface area (Å²) in [6, 6.07) is 6.01. The lowest BCUT2D eigenvalue weighted by molar-refractivity contribution is 0.581. The first-order valence-electron chi connectivity index (χ1n) is 5.60. The van der Waals surface area contributed by atoms with E-state index in [0.717, 1.165) is 5.01 Å². The Morgan fingerprint density at radius 1 is 1.45 bits per heavy atom. The molecule has 20 heavy (non-hydrogen) atoms. The van der Waals surface area contributed by atoms with Crippen molar-refractivity contribution in [1.82, 2.24) is 9.71 Å². The molecule has 0 aliphatic carbocycles. The molecule has 5 nitrogen and oxygen atoms in total. The number of rotatable bonds is 5. The summed E-state index contributed by atoms with van der Waals surface area (Å²) in [6.07, 6.45) is 2.17. The first-order chi connectivity index (χ1) is 9.53. The zero-order chi connectivity index (χ0) is 14.6. The Bertz CT molecular complexity index is 737. The Balaban J connectivity index is 2.12. The molecular weight excluding hydrogens is 318 g/mol. The number of hydrogen-bond acceptors (Lipinski definition) is 5. The molecule has 0 aliphatic heterocycles. The van der Waals surface area contributed by atoms with Crippen LogP contribution < -0.4 is 4.72 Å². The molecule has 2 rings (SSSR count). The van der Waals surface area contributed by atoms with E-state index in [4.69, 9.17) is 16.9 Å². The molecule has 0 unspecified atom stereocenters. The van der Waals surface area contributed by atoms with Crippen molar-refractivity contribution in [2.45, 2.75) is 11.3 Å². The Labute approximate surface area is 125 Å². The number of sulfonamides is 1. The lowest BCUT2D eigenvalue weighted by Crippen LogP contribution is -2.26. The summed E-state index contributed by atoms with van der Waals surface area (Å²) >= 11 is 7.34. The Morgan fingerprint density at radius 3 is 2.90 bits per heavy atom. The van der Waals surface area contributed by atoms with Crippen molar-refractivity contribution in [3.8, 4) is 6.07 Å². The van der Waals surface area contributed by atoms with Gasteiger partial charge in [-0.05, 0) is 18.2 Å². The van der Waals surface area contributed by atoms with E-state index in [1.807, 2.05) is 11.4 Å². The Kier molecular flexibility index (Phi) is 4.73. The predicted molar refractivity (Wildman–Crippen MR) is 77.2 cm³/mol. The molecule has 0 atom stereocenters. The van der Waals surface area contributed by atoms with E-state index >= 15 is 0 Å². The van der Waals surface area contributed by atoms with Crippen molar-refractivity contribution in [1.29, 1.82) is 5.26 Å². The first-order valence-corrected chi connectivity index (χ1v) is 8.35. The van der Waals surface area contributed by atoms with E-state index in [0.29, 0.717) is 6.42 Å². The maximum atomic E-state index is 12.1. The van der Waals surface area contributed by atoms with E-state index < -0.39 is 10.0 Å². The van der Waals surface area contributed by atoms with Gasteiger partial charge in [-0.1, -0.05) is 11.6 Å². The van der Waals surface area contributed by atoms with Crippen LogP contribution in [0.25, 0.3) is 0 Å². The largest absolute Gasteiger partial charge is 0.250 e. The van der Waals surface area contributed by atoms with Crippen LogP contribution in [0.15, 0.2) is 34.7 Å². The molecule has 104 valence electrons. The van der Waals surface area contributed by atoms with Crippen LogP contribution in [-0.4, -0.2) is 19.9 Å². The van der Waals surface area contributed by atoms with Gasteiger partial charge in [-0.25, -0.2) is 18.1 Å². The van der Waals surface area contributed by atoms with Crippen molar-refractivity contribution >= 4 is 33.0 Å². The number of thiazole rings is 1. The van der Waals surface area contributed by atoms with Gasteiger partial charge in [-0.3, -0.25) is 0 Å². The molecule has 8 heteroatoms. The Hall–Kier alpha value is -1.46. The molecule has 0 spiro atoms. The lowest BCUT2D eigenvalue weighted by atomic mass is 10.2. The molecule has 0 saturated heterocycles. The van der Waals surface area contributed by atoms with Crippen molar-refractivity contribution < 1.29 is 8.42 Å². The molecule has 0 radical (unpaired) electrons. The second-order valence-electron chi connectivity index (χ2n) is 3.83. The molecule has 0 saturated carbocycles. The highest BCUT2D eigenvalue weighted by atomic mass is 35.5. The fraction of sp³-hybridized carbons (Fsp3) is 0.167. The van der Waals surface area contributed by atoms with Gasteiger partial charge in [0.15, 0.2) is 0 Å². The maximum Gasteiger partial charge on any atom is 0.242 e. The second kappa shape index (κ2) is 6.33. The van der Waals surface area contributed by atoms with Gasteiger partial charge >= 0.3 is 0 Å². The summed E-state index contributed by atoms with van der Waals surface area (Å²) in [5, 5.41) is 11.6. The third kappa shape index (κ3) is 3.55. The highest BCUT2D eigenvalue weighted by Gasteiger charge is 2.18. The third-order valence-corrected chi connectivity index (χ3v) is 5.25. The summed E-state index contributed by atoms with van der Waals surface area (Å²) in [6.45, 7) is 0.225. The number of nitrogens with one attached hydrogen (secondary N) is 1. The van der Waals surface area contributed by atoms with Crippen LogP contribution in [0.4, 0.5) is 0 Å². The van der Waals surface area contributed by atoms with Crippen LogP contribution in [-0.2, 0) is 16.4 Å². The number of halogens is 1. The van der Waals surface area contributed by atoms with E-state index in [1.54, 1.807) is 6.20 Å². The van der Waals surface area contributed by atoms with Crippen molar-refractivity contribution in [2.75, 3.05) is 6.54 Å². The summed E-state index contributed by atoms with van der Waals surface area (Å²) in [5.74, 6) is 0. The highest BCUT2D eigenvalue weighted by Crippen LogP contribution is 2.22. The van der Waals surface area contributed by atoms with Crippen molar-refractivity contribution in [3.63, 3.8) is 0 Å². The van der Waals surface area contributed by atoms with Crippen LogP contribution in [0.1, 0.15) is 10.6 Å². The van der Waals surface area contributed by atoms with Gasteiger partial charge in [0, 0.05) is 24.5 Å². The van der Waals surface area contributed by atoms with Gasteiger partial charge in [0.2, 0.25) is 10.0 Å². The Morgan fingerprint density at radius 2 is 2.25 bits per heavy atom. The van der Waals surface area contributed by atoms with Crippen molar-refractivity contribution in [3.05, 3.63) is 45.4 Å². The zero-order valence-corrected chi connectivity index (χ0v) is 12.6. The fourth-order valence-corrected chi connectivity index (χ4v) is 3.70. The minimum absolute atomic E-state index is 0.0858. The van der Waals surface area contributed by atoms with E-state index in [2.05, 4.69) is 9.71 Å². The first kappa shape index (κ1) is 14.9. The minimum Gasteiger partial charge on any atom is -0.250 e. The minimum atomic E-state index is -3.73. The van der Waals surface area contributed by atoms with E-state index in [-0.39, 0.29) is 22.0 Å². The molecule has 1 N–H and O–H groups in total. The van der Waals surface area contributed by atoms with Gasteiger partial charge in [-0.2, -0.15) is 5.26 Å². The smallest absolute Gasteiger partial charge is 0.242 e. The fourth-order valence-electron chi connectivity index (χ4n) is 1.53. The average Bonchev–Trinajstić information content (AvgIpc) is 2.92. The van der Waals surface area contributed by atoms with Crippen LogP contribution in [0, 0.1) is 11.3 Å². The van der Waals surface area contributed by atoms with Crippen LogP contribution in [0.5, 0.6) is 0 Å².